The van der Waals surface area contributed by atoms with Gasteiger partial charge in [-0.2, -0.15) is 0 Å². The lowest BCUT2D eigenvalue weighted by Gasteiger charge is -2.09. The highest BCUT2D eigenvalue weighted by Crippen LogP contribution is 2.22. The van der Waals surface area contributed by atoms with E-state index in [9.17, 15) is 9.18 Å². The van der Waals surface area contributed by atoms with E-state index < -0.39 is 5.97 Å². The van der Waals surface area contributed by atoms with E-state index in [2.05, 4.69) is 0 Å². The molecule has 3 rings (SSSR count). The van der Waals surface area contributed by atoms with Crippen LogP contribution in [0.5, 0.6) is 5.75 Å². The molecule has 1 heterocycles. The molecule has 0 bridgehead atoms. The molecule has 0 aliphatic carbocycles. The zero-order chi connectivity index (χ0) is 17.6. The first-order valence-corrected chi connectivity index (χ1v) is 7.59. The summed E-state index contributed by atoms with van der Waals surface area (Å²) in [4.78, 5) is 10.8. The molecular weight excluding hydrogens is 323 g/mol. The first kappa shape index (κ1) is 16.5. The molecule has 0 saturated carbocycles. The van der Waals surface area contributed by atoms with Crippen molar-refractivity contribution in [1.82, 2.24) is 0 Å². The zero-order valence-corrected chi connectivity index (χ0v) is 13.2. The van der Waals surface area contributed by atoms with Gasteiger partial charge in [0.2, 0.25) is 5.76 Å². The second-order valence-electron chi connectivity index (χ2n) is 5.29. The molecule has 0 radical (unpaired) electrons. The normalized spacial score (nSPS) is 10.9. The zero-order valence-electron chi connectivity index (χ0n) is 13.2. The van der Waals surface area contributed by atoms with Gasteiger partial charge in [-0.05, 0) is 48.0 Å². The van der Waals surface area contributed by atoms with Gasteiger partial charge in [0.25, 0.3) is 0 Å². The van der Waals surface area contributed by atoms with Crippen molar-refractivity contribution in [3.05, 3.63) is 89.1 Å². The number of halogens is 1. The van der Waals surface area contributed by atoms with Gasteiger partial charge in [-0.1, -0.05) is 30.3 Å². The largest absolute Gasteiger partial charge is 0.488 e. The highest BCUT2D eigenvalue weighted by Gasteiger charge is 2.07. The Balaban J connectivity index is 1.72. The van der Waals surface area contributed by atoms with Crippen LogP contribution in [0.25, 0.3) is 12.2 Å². The van der Waals surface area contributed by atoms with E-state index in [0.717, 1.165) is 11.1 Å². The Hall–Kier alpha value is -3.34. The maximum absolute atomic E-state index is 12.9. The second kappa shape index (κ2) is 7.49. The average Bonchev–Trinajstić information content (AvgIpc) is 3.09. The fourth-order valence-electron chi connectivity index (χ4n) is 2.22. The predicted molar refractivity (Wildman–Crippen MR) is 91.8 cm³/mol. The minimum atomic E-state index is -1.11. The number of carbonyl (C=O) groups is 1. The molecule has 5 heteroatoms. The monoisotopic (exact) mass is 338 g/mol. The molecule has 2 aromatic carbocycles. The highest BCUT2D eigenvalue weighted by molar-refractivity contribution is 5.85. The second-order valence-corrected chi connectivity index (χ2v) is 5.29. The van der Waals surface area contributed by atoms with E-state index in [-0.39, 0.29) is 11.6 Å². The van der Waals surface area contributed by atoms with Crippen LogP contribution < -0.4 is 4.74 Å². The van der Waals surface area contributed by atoms with Gasteiger partial charge in [-0.25, -0.2) is 9.18 Å². The molecule has 25 heavy (non-hydrogen) atoms. The summed E-state index contributed by atoms with van der Waals surface area (Å²) in [6, 6.07) is 16.5. The molecule has 0 spiro atoms. The van der Waals surface area contributed by atoms with Gasteiger partial charge in [0.05, 0.1) is 0 Å². The van der Waals surface area contributed by atoms with E-state index >= 15 is 0 Å². The number of benzene rings is 2. The van der Waals surface area contributed by atoms with Crippen molar-refractivity contribution in [2.45, 2.75) is 6.61 Å². The minimum absolute atomic E-state index is 0.111. The van der Waals surface area contributed by atoms with Crippen molar-refractivity contribution < 1.29 is 23.4 Å². The topological polar surface area (TPSA) is 59.7 Å². The van der Waals surface area contributed by atoms with Crippen LogP contribution in [-0.2, 0) is 6.61 Å². The lowest BCUT2D eigenvalue weighted by molar-refractivity contribution is 0.0662. The van der Waals surface area contributed by atoms with E-state index in [0.29, 0.717) is 18.1 Å². The fraction of sp³-hybridized carbons (Fsp3) is 0.0500. The van der Waals surface area contributed by atoms with Crippen LogP contribution in [0, 0.1) is 5.82 Å². The number of carboxylic acid groups (broad SMARTS) is 1. The van der Waals surface area contributed by atoms with Crippen LogP contribution in [-0.4, -0.2) is 11.1 Å². The molecule has 0 unspecified atom stereocenters. The smallest absolute Gasteiger partial charge is 0.371 e. The van der Waals surface area contributed by atoms with Crippen molar-refractivity contribution in [3.63, 3.8) is 0 Å². The molecular formula is C20H15FO4. The number of furan rings is 1. The van der Waals surface area contributed by atoms with Crippen LogP contribution in [0.4, 0.5) is 4.39 Å². The van der Waals surface area contributed by atoms with Crippen molar-refractivity contribution in [2.24, 2.45) is 0 Å². The van der Waals surface area contributed by atoms with Gasteiger partial charge < -0.3 is 14.3 Å². The summed E-state index contributed by atoms with van der Waals surface area (Å²) in [5.74, 6) is -0.409. The van der Waals surface area contributed by atoms with Gasteiger partial charge in [0, 0.05) is 5.56 Å². The third-order valence-corrected chi connectivity index (χ3v) is 3.49. The molecule has 0 saturated heterocycles. The van der Waals surface area contributed by atoms with Crippen molar-refractivity contribution in [3.8, 4) is 5.75 Å². The van der Waals surface area contributed by atoms with Crippen molar-refractivity contribution in [1.29, 1.82) is 0 Å². The van der Waals surface area contributed by atoms with E-state index in [4.69, 9.17) is 14.3 Å². The van der Waals surface area contributed by atoms with Gasteiger partial charge in [-0.3, -0.25) is 0 Å². The molecule has 126 valence electrons. The Labute approximate surface area is 143 Å². The van der Waals surface area contributed by atoms with Gasteiger partial charge >= 0.3 is 5.97 Å². The van der Waals surface area contributed by atoms with Gasteiger partial charge in [0.15, 0.2) is 0 Å². The standard InChI is InChI=1S/C20H15FO4/c21-16-8-5-14(6-9-16)13-24-18-4-2-1-3-15(18)7-10-17-11-12-19(25-17)20(22)23/h1-12H,13H2,(H,22,23)/b10-7+. The summed E-state index contributed by atoms with van der Waals surface area (Å²) in [5.41, 5.74) is 1.68. The Bertz CT molecular complexity index is 894. The highest BCUT2D eigenvalue weighted by atomic mass is 19.1. The Morgan fingerprint density at radius 1 is 1.04 bits per heavy atom. The fourth-order valence-corrected chi connectivity index (χ4v) is 2.22. The lowest BCUT2D eigenvalue weighted by Crippen LogP contribution is -1.96. The van der Waals surface area contributed by atoms with Crippen LogP contribution >= 0.6 is 0 Å². The van der Waals surface area contributed by atoms with Crippen molar-refractivity contribution in [2.75, 3.05) is 0 Å². The lowest BCUT2D eigenvalue weighted by atomic mass is 10.1. The minimum Gasteiger partial charge on any atom is -0.488 e. The maximum Gasteiger partial charge on any atom is 0.371 e. The Morgan fingerprint density at radius 3 is 2.52 bits per heavy atom. The third kappa shape index (κ3) is 4.35. The number of aromatic carboxylic acids is 1. The number of hydrogen-bond acceptors (Lipinski definition) is 3. The number of hydrogen-bond donors (Lipinski definition) is 1. The first-order chi connectivity index (χ1) is 12.1. The van der Waals surface area contributed by atoms with Crippen LogP contribution in [0.15, 0.2) is 65.1 Å². The summed E-state index contributed by atoms with van der Waals surface area (Å²) in [6.07, 6.45) is 3.46. The van der Waals surface area contributed by atoms with Crippen LogP contribution in [0.3, 0.4) is 0 Å². The molecule has 4 nitrogen and oxygen atoms in total. The summed E-state index contributed by atoms with van der Waals surface area (Å²) < 4.78 is 23.9. The molecule has 0 aliphatic rings. The molecule has 0 aliphatic heterocycles. The average molecular weight is 338 g/mol. The predicted octanol–water partition coefficient (Wildman–Crippen LogP) is 4.87. The maximum atomic E-state index is 12.9. The Kier molecular flexibility index (Phi) is 4.95. The van der Waals surface area contributed by atoms with E-state index in [1.807, 2.05) is 24.3 Å². The number of ether oxygens (including phenoxy) is 1. The van der Waals surface area contributed by atoms with Crippen molar-refractivity contribution >= 4 is 18.1 Å². The summed E-state index contributed by atoms with van der Waals surface area (Å²) >= 11 is 0. The number of rotatable bonds is 6. The molecule has 1 aromatic heterocycles. The summed E-state index contributed by atoms with van der Waals surface area (Å²) in [5, 5.41) is 8.86. The quantitative estimate of drug-likeness (QED) is 0.697. The molecule has 0 atom stereocenters. The van der Waals surface area contributed by atoms with Gasteiger partial charge in [0.1, 0.15) is 23.9 Å². The SMILES string of the molecule is O=C(O)c1ccc(/C=C/c2ccccc2OCc2ccc(F)cc2)o1. The molecule has 3 aromatic rings. The third-order valence-electron chi connectivity index (χ3n) is 3.49. The summed E-state index contributed by atoms with van der Waals surface area (Å²) in [6.45, 7) is 0.315. The van der Waals surface area contributed by atoms with Crippen LogP contribution in [0.2, 0.25) is 0 Å². The molecule has 0 amide bonds. The van der Waals surface area contributed by atoms with Gasteiger partial charge in [-0.15, -0.1) is 0 Å². The van der Waals surface area contributed by atoms with Crippen LogP contribution in [0.1, 0.15) is 27.4 Å². The Morgan fingerprint density at radius 2 is 1.80 bits per heavy atom. The van der Waals surface area contributed by atoms with E-state index in [1.165, 1.54) is 18.2 Å². The number of para-hydroxylation sites is 1. The number of carboxylic acids is 1. The molecule has 1 N–H and O–H groups in total. The van der Waals surface area contributed by atoms with E-state index in [1.54, 1.807) is 30.4 Å². The first-order valence-electron chi connectivity index (χ1n) is 7.59. The molecule has 0 fully saturated rings. The summed E-state index contributed by atoms with van der Waals surface area (Å²) in [7, 11) is 0.